The van der Waals surface area contributed by atoms with Gasteiger partial charge in [-0.25, -0.2) is 0 Å². The fourth-order valence-corrected chi connectivity index (χ4v) is 3.47. The first kappa shape index (κ1) is 13.9. The molecule has 20 heavy (non-hydrogen) atoms. The zero-order chi connectivity index (χ0) is 14.3. The van der Waals surface area contributed by atoms with Gasteiger partial charge in [0.15, 0.2) is 0 Å². The molecule has 0 aliphatic heterocycles. The number of fused-ring (bicyclic) bond motifs is 1. The second-order valence-corrected chi connectivity index (χ2v) is 6.05. The number of nitrogens with two attached hydrogens (primary N) is 1. The molecule has 3 rings (SSSR count). The number of hydrogen-bond acceptors (Lipinski definition) is 2. The Morgan fingerprint density at radius 3 is 2.60 bits per heavy atom. The smallest absolute Gasteiger partial charge is 0.0842 e. The van der Waals surface area contributed by atoms with E-state index in [4.69, 9.17) is 28.9 Å². The van der Waals surface area contributed by atoms with Crippen LogP contribution in [0.1, 0.15) is 28.8 Å². The highest BCUT2D eigenvalue weighted by Crippen LogP contribution is 2.43. The molecule has 2 aromatic rings. The lowest BCUT2D eigenvalue weighted by molar-refractivity contribution is 0.108. The fraction of sp³-hybridized carbons (Fsp3) is 0.250. The Bertz CT molecular complexity index is 644. The van der Waals surface area contributed by atoms with Gasteiger partial charge in [-0.05, 0) is 35.2 Å². The van der Waals surface area contributed by atoms with Crippen molar-refractivity contribution in [3.8, 4) is 0 Å². The molecule has 0 fully saturated rings. The summed E-state index contributed by atoms with van der Waals surface area (Å²) in [5.41, 5.74) is 9.29. The van der Waals surface area contributed by atoms with Crippen LogP contribution in [0.3, 0.4) is 0 Å². The van der Waals surface area contributed by atoms with Gasteiger partial charge in [-0.1, -0.05) is 53.5 Å². The first-order valence-electron chi connectivity index (χ1n) is 6.54. The van der Waals surface area contributed by atoms with Gasteiger partial charge in [0.25, 0.3) is 0 Å². The number of aliphatic hydroxyl groups excluding tert-OH is 1. The molecule has 1 aliphatic rings. The SMILES string of the molecule is NC(c1ccc(Cl)cc1Cl)[C@@H]1Cc2ccccc2[C@@H]1O. The molecule has 3 atom stereocenters. The Balaban J connectivity index is 1.91. The number of benzene rings is 2. The average molecular weight is 308 g/mol. The highest BCUT2D eigenvalue weighted by atomic mass is 35.5. The van der Waals surface area contributed by atoms with Gasteiger partial charge in [0.05, 0.1) is 6.10 Å². The van der Waals surface area contributed by atoms with Gasteiger partial charge in [-0.15, -0.1) is 0 Å². The van der Waals surface area contributed by atoms with Crippen molar-refractivity contribution in [1.82, 2.24) is 0 Å². The van der Waals surface area contributed by atoms with E-state index < -0.39 is 6.10 Å². The van der Waals surface area contributed by atoms with Gasteiger partial charge >= 0.3 is 0 Å². The molecule has 0 radical (unpaired) electrons. The number of halogens is 2. The molecule has 0 aromatic heterocycles. The van der Waals surface area contributed by atoms with Gasteiger partial charge in [0.1, 0.15) is 0 Å². The third-order valence-electron chi connectivity index (χ3n) is 4.02. The molecule has 2 nitrogen and oxygen atoms in total. The zero-order valence-electron chi connectivity index (χ0n) is 10.8. The summed E-state index contributed by atoms with van der Waals surface area (Å²) in [7, 11) is 0. The summed E-state index contributed by atoms with van der Waals surface area (Å²) in [6, 6.07) is 12.9. The second kappa shape index (κ2) is 5.38. The van der Waals surface area contributed by atoms with Crippen LogP contribution in [0.15, 0.2) is 42.5 Å². The van der Waals surface area contributed by atoms with Crippen molar-refractivity contribution < 1.29 is 5.11 Å². The van der Waals surface area contributed by atoms with Crippen molar-refractivity contribution in [3.63, 3.8) is 0 Å². The van der Waals surface area contributed by atoms with E-state index in [1.54, 1.807) is 12.1 Å². The maximum absolute atomic E-state index is 10.5. The molecule has 0 saturated carbocycles. The molecule has 0 heterocycles. The summed E-state index contributed by atoms with van der Waals surface area (Å²) in [4.78, 5) is 0. The molecule has 1 unspecified atom stereocenters. The van der Waals surface area contributed by atoms with Gasteiger partial charge in [0.2, 0.25) is 0 Å². The van der Waals surface area contributed by atoms with Crippen LogP contribution in [0.25, 0.3) is 0 Å². The quantitative estimate of drug-likeness (QED) is 0.884. The van der Waals surface area contributed by atoms with E-state index in [1.807, 2.05) is 30.3 Å². The van der Waals surface area contributed by atoms with E-state index >= 15 is 0 Å². The first-order valence-corrected chi connectivity index (χ1v) is 7.30. The Morgan fingerprint density at radius 2 is 1.90 bits per heavy atom. The second-order valence-electron chi connectivity index (χ2n) is 5.20. The van der Waals surface area contributed by atoms with Gasteiger partial charge in [0, 0.05) is 22.0 Å². The van der Waals surface area contributed by atoms with E-state index in [9.17, 15) is 5.11 Å². The minimum absolute atomic E-state index is 0.0638. The summed E-state index contributed by atoms with van der Waals surface area (Å²) in [5, 5.41) is 11.6. The number of aliphatic hydroxyl groups is 1. The summed E-state index contributed by atoms with van der Waals surface area (Å²) in [6.45, 7) is 0. The van der Waals surface area contributed by atoms with Gasteiger partial charge in [-0.2, -0.15) is 0 Å². The topological polar surface area (TPSA) is 46.2 Å². The van der Waals surface area contributed by atoms with Crippen molar-refractivity contribution in [3.05, 3.63) is 69.2 Å². The summed E-state index contributed by atoms with van der Waals surface area (Å²) in [6.07, 6.45) is 0.213. The Kier molecular flexibility index (Phi) is 3.74. The van der Waals surface area contributed by atoms with Crippen LogP contribution in [0.5, 0.6) is 0 Å². The third-order valence-corrected chi connectivity index (χ3v) is 4.58. The highest BCUT2D eigenvalue weighted by molar-refractivity contribution is 6.35. The van der Waals surface area contributed by atoms with E-state index in [-0.39, 0.29) is 12.0 Å². The van der Waals surface area contributed by atoms with Crippen molar-refractivity contribution in [2.45, 2.75) is 18.6 Å². The normalized spacial score (nSPS) is 22.6. The summed E-state index contributed by atoms with van der Waals surface area (Å²) < 4.78 is 0. The molecule has 0 saturated heterocycles. The standard InChI is InChI=1S/C16H15Cl2NO/c17-10-5-6-12(14(18)8-10)15(19)13-7-9-3-1-2-4-11(9)16(13)20/h1-6,8,13,15-16,20H,7,19H2/t13-,15?,16-/m0/s1. The molecule has 3 N–H and O–H groups in total. The van der Waals surface area contributed by atoms with Crippen molar-refractivity contribution in [2.24, 2.45) is 11.7 Å². The zero-order valence-corrected chi connectivity index (χ0v) is 12.3. The molecule has 0 spiro atoms. The van der Waals surface area contributed by atoms with E-state index in [2.05, 4.69) is 0 Å². The predicted molar refractivity (Wildman–Crippen MR) is 82.0 cm³/mol. The van der Waals surface area contributed by atoms with E-state index in [0.717, 1.165) is 23.1 Å². The van der Waals surface area contributed by atoms with Crippen molar-refractivity contribution >= 4 is 23.2 Å². The molecule has 0 amide bonds. The molecule has 104 valence electrons. The number of hydrogen-bond donors (Lipinski definition) is 2. The lowest BCUT2D eigenvalue weighted by Gasteiger charge is -2.24. The van der Waals surface area contributed by atoms with Crippen LogP contribution >= 0.6 is 23.2 Å². The Labute approximate surface area is 128 Å². The Hall–Kier alpha value is -1.06. The molecule has 0 bridgehead atoms. The van der Waals surface area contributed by atoms with Crippen LogP contribution in [0.2, 0.25) is 10.0 Å². The summed E-state index contributed by atoms with van der Waals surface area (Å²) >= 11 is 12.1. The average Bonchev–Trinajstić information content (AvgIpc) is 2.76. The summed E-state index contributed by atoms with van der Waals surface area (Å²) in [5.74, 6) is -0.0638. The van der Waals surface area contributed by atoms with Crippen molar-refractivity contribution in [2.75, 3.05) is 0 Å². The first-order chi connectivity index (χ1) is 9.58. The lowest BCUT2D eigenvalue weighted by Crippen LogP contribution is -2.25. The lowest BCUT2D eigenvalue weighted by atomic mass is 9.89. The van der Waals surface area contributed by atoms with Gasteiger partial charge in [-0.3, -0.25) is 0 Å². The predicted octanol–water partition coefficient (Wildman–Crippen LogP) is 3.90. The van der Waals surface area contributed by atoms with Gasteiger partial charge < -0.3 is 10.8 Å². The molecule has 2 aromatic carbocycles. The fourth-order valence-electron chi connectivity index (χ4n) is 2.93. The minimum Gasteiger partial charge on any atom is -0.388 e. The maximum atomic E-state index is 10.5. The third kappa shape index (κ3) is 2.33. The maximum Gasteiger partial charge on any atom is 0.0842 e. The molecule has 1 aliphatic carbocycles. The van der Waals surface area contributed by atoms with Crippen LogP contribution in [0, 0.1) is 5.92 Å². The molecular formula is C16H15Cl2NO. The largest absolute Gasteiger partial charge is 0.388 e. The van der Waals surface area contributed by atoms with Crippen LogP contribution in [-0.2, 0) is 6.42 Å². The van der Waals surface area contributed by atoms with Crippen LogP contribution in [0.4, 0.5) is 0 Å². The molecular weight excluding hydrogens is 293 g/mol. The van der Waals surface area contributed by atoms with E-state index in [1.165, 1.54) is 0 Å². The highest BCUT2D eigenvalue weighted by Gasteiger charge is 2.35. The monoisotopic (exact) mass is 307 g/mol. The van der Waals surface area contributed by atoms with Crippen molar-refractivity contribution in [1.29, 1.82) is 0 Å². The van der Waals surface area contributed by atoms with Crippen LogP contribution < -0.4 is 5.73 Å². The minimum atomic E-state index is -0.548. The number of rotatable bonds is 2. The molecule has 4 heteroatoms. The van der Waals surface area contributed by atoms with Crippen LogP contribution in [-0.4, -0.2) is 5.11 Å². The van der Waals surface area contributed by atoms with E-state index in [0.29, 0.717) is 10.0 Å². The Morgan fingerprint density at radius 1 is 1.15 bits per heavy atom.